The minimum atomic E-state index is -0.288. The predicted octanol–water partition coefficient (Wildman–Crippen LogP) is 3.57. The first kappa shape index (κ1) is 15.9. The van der Waals surface area contributed by atoms with Gasteiger partial charge in [0, 0.05) is 42.8 Å². The molecule has 4 rings (SSSR count). The van der Waals surface area contributed by atoms with Crippen LogP contribution in [0.5, 0.6) is 0 Å². The lowest BCUT2D eigenvalue weighted by Gasteiger charge is -2.33. The van der Waals surface area contributed by atoms with Crippen molar-refractivity contribution in [3.8, 4) is 11.1 Å². The van der Waals surface area contributed by atoms with E-state index in [0.717, 1.165) is 41.8 Å². The van der Waals surface area contributed by atoms with Crippen molar-refractivity contribution in [1.29, 1.82) is 0 Å². The number of piperazine rings is 1. The molecule has 1 aliphatic heterocycles. The number of hydrogen-bond donors (Lipinski definition) is 1. The van der Waals surface area contributed by atoms with Crippen LogP contribution < -0.4 is 15.8 Å². The molecule has 0 amide bonds. The van der Waals surface area contributed by atoms with Crippen LogP contribution in [-0.4, -0.2) is 25.7 Å². The molecule has 128 valence electrons. The van der Waals surface area contributed by atoms with Gasteiger partial charge in [0.2, 0.25) is 0 Å². The Morgan fingerprint density at radius 1 is 1.16 bits per heavy atom. The van der Waals surface area contributed by atoms with E-state index in [0.29, 0.717) is 17.2 Å². The van der Waals surface area contributed by atoms with E-state index in [4.69, 9.17) is 4.42 Å². The van der Waals surface area contributed by atoms with E-state index in [9.17, 15) is 4.79 Å². The summed E-state index contributed by atoms with van der Waals surface area (Å²) >= 11 is 0. The molecule has 3 aromatic rings. The Labute approximate surface area is 147 Å². The fourth-order valence-corrected chi connectivity index (χ4v) is 3.48. The first-order valence-corrected chi connectivity index (χ1v) is 8.73. The summed E-state index contributed by atoms with van der Waals surface area (Å²) in [6.45, 7) is 7.09. The molecule has 0 bridgehead atoms. The number of rotatable bonds is 2. The molecular weight excluding hydrogens is 312 g/mol. The van der Waals surface area contributed by atoms with Crippen LogP contribution in [0.25, 0.3) is 22.1 Å². The number of benzene rings is 2. The molecule has 1 atom stereocenters. The smallest absolute Gasteiger partial charge is 0.344 e. The van der Waals surface area contributed by atoms with E-state index in [1.807, 2.05) is 49.4 Å². The molecule has 2 heterocycles. The molecule has 0 spiro atoms. The molecular formula is C21H22N2O2. The first-order valence-electron chi connectivity index (χ1n) is 8.73. The summed E-state index contributed by atoms with van der Waals surface area (Å²) in [6, 6.07) is 16.5. The van der Waals surface area contributed by atoms with Gasteiger partial charge in [0.05, 0.1) is 5.56 Å². The highest BCUT2D eigenvalue weighted by atomic mass is 16.4. The molecule has 1 N–H and O–H groups in total. The maximum absolute atomic E-state index is 12.5. The molecule has 0 radical (unpaired) electrons. The monoisotopic (exact) mass is 334 g/mol. The van der Waals surface area contributed by atoms with E-state index in [1.165, 1.54) is 0 Å². The van der Waals surface area contributed by atoms with Crippen molar-refractivity contribution in [3.05, 3.63) is 64.5 Å². The number of aryl methyl sites for hydroxylation is 1. The Morgan fingerprint density at radius 2 is 2.04 bits per heavy atom. The predicted molar refractivity (Wildman–Crippen MR) is 102 cm³/mol. The zero-order valence-corrected chi connectivity index (χ0v) is 14.6. The highest BCUT2D eigenvalue weighted by Crippen LogP contribution is 2.26. The Bertz CT molecular complexity index is 977. The molecule has 1 aromatic heterocycles. The molecule has 1 fully saturated rings. The SMILES string of the molecule is Cc1cccc(-c2cc3ccc(N4CCN[C@@H](C)C4)cc3oc2=O)c1. The summed E-state index contributed by atoms with van der Waals surface area (Å²) < 4.78 is 5.65. The fourth-order valence-electron chi connectivity index (χ4n) is 3.48. The van der Waals surface area contributed by atoms with Gasteiger partial charge in [-0.1, -0.05) is 29.8 Å². The number of hydrogen-bond acceptors (Lipinski definition) is 4. The van der Waals surface area contributed by atoms with Crippen molar-refractivity contribution in [2.45, 2.75) is 19.9 Å². The van der Waals surface area contributed by atoms with Gasteiger partial charge in [-0.2, -0.15) is 0 Å². The molecule has 1 aliphatic rings. The second-order valence-corrected chi connectivity index (χ2v) is 6.84. The van der Waals surface area contributed by atoms with Gasteiger partial charge >= 0.3 is 5.63 Å². The van der Waals surface area contributed by atoms with Crippen LogP contribution in [0, 0.1) is 6.92 Å². The first-order chi connectivity index (χ1) is 12.1. The van der Waals surface area contributed by atoms with Crippen molar-refractivity contribution in [3.63, 3.8) is 0 Å². The largest absolute Gasteiger partial charge is 0.422 e. The van der Waals surface area contributed by atoms with Gasteiger partial charge in [-0.15, -0.1) is 0 Å². The van der Waals surface area contributed by atoms with Gasteiger partial charge in [0.15, 0.2) is 0 Å². The Morgan fingerprint density at radius 3 is 2.84 bits per heavy atom. The highest BCUT2D eigenvalue weighted by molar-refractivity contribution is 5.84. The van der Waals surface area contributed by atoms with Crippen molar-refractivity contribution in [2.75, 3.05) is 24.5 Å². The topological polar surface area (TPSA) is 45.5 Å². The van der Waals surface area contributed by atoms with Crippen LogP contribution in [0.15, 0.2) is 57.7 Å². The maximum Gasteiger partial charge on any atom is 0.344 e. The van der Waals surface area contributed by atoms with E-state index in [1.54, 1.807) is 0 Å². The fraction of sp³-hybridized carbons (Fsp3) is 0.286. The summed E-state index contributed by atoms with van der Waals surface area (Å²) in [7, 11) is 0. The number of anilines is 1. The van der Waals surface area contributed by atoms with E-state index >= 15 is 0 Å². The second kappa shape index (κ2) is 6.37. The quantitative estimate of drug-likeness (QED) is 0.728. The van der Waals surface area contributed by atoms with Crippen LogP contribution in [0.2, 0.25) is 0 Å². The lowest BCUT2D eigenvalue weighted by atomic mass is 10.0. The van der Waals surface area contributed by atoms with Gasteiger partial charge in [-0.3, -0.25) is 0 Å². The third kappa shape index (κ3) is 3.17. The number of fused-ring (bicyclic) bond motifs is 1. The average molecular weight is 334 g/mol. The second-order valence-electron chi connectivity index (χ2n) is 6.84. The lowest BCUT2D eigenvalue weighted by molar-refractivity contribution is 0.484. The zero-order chi connectivity index (χ0) is 17.4. The molecule has 25 heavy (non-hydrogen) atoms. The van der Waals surface area contributed by atoms with Crippen molar-refractivity contribution in [1.82, 2.24) is 5.32 Å². The molecule has 0 saturated carbocycles. The van der Waals surface area contributed by atoms with E-state index in [2.05, 4.69) is 23.2 Å². The minimum absolute atomic E-state index is 0.288. The summed E-state index contributed by atoms with van der Waals surface area (Å²) in [6.07, 6.45) is 0. The highest BCUT2D eigenvalue weighted by Gasteiger charge is 2.17. The lowest BCUT2D eigenvalue weighted by Crippen LogP contribution is -2.49. The van der Waals surface area contributed by atoms with Crippen molar-refractivity contribution < 1.29 is 4.42 Å². The van der Waals surface area contributed by atoms with Crippen LogP contribution in [0.1, 0.15) is 12.5 Å². The number of nitrogens with one attached hydrogen (secondary N) is 1. The molecule has 0 aliphatic carbocycles. The Kier molecular flexibility index (Phi) is 4.06. The average Bonchev–Trinajstić information content (AvgIpc) is 2.60. The maximum atomic E-state index is 12.5. The third-order valence-corrected chi connectivity index (χ3v) is 4.78. The molecule has 2 aromatic carbocycles. The van der Waals surface area contributed by atoms with Gasteiger partial charge < -0.3 is 14.6 Å². The van der Waals surface area contributed by atoms with Gasteiger partial charge in [0.25, 0.3) is 0 Å². The third-order valence-electron chi connectivity index (χ3n) is 4.78. The summed E-state index contributed by atoms with van der Waals surface area (Å²) in [5.41, 5.74) is 4.09. The van der Waals surface area contributed by atoms with E-state index < -0.39 is 0 Å². The van der Waals surface area contributed by atoms with Crippen LogP contribution >= 0.6 is 0 Å². The van der Waals surface area contributed by atoms with Crippen LogP contribution in [-0.2, 0) is 0 Å². The summed E-state index contributed by atoms with van der Waals surface area (Å²) in [4.78, 5) is 14.8. The van der Waals surface area contributed by atoms with Gasteiger partial charge in [0.1, 0.15) is 5.58 Å². The zero-order valence-electron chi connectivity index (χ0n) is 14.6. The number of nitrogens with zero attached hydrogens (tertiary/aromatic N) is 1. The summed E-state index contributed by atoms with van der Waals surface area (Å²) in [5.74, 6) is 0. The van der Waals surface area contributed by atoms with E-state index in [-0.39, 0.29) is 5.63 Å². The van der Waals surface area contributed by atoms with Gasteiger partial charge in [-0.05, 0) is 37.6 Å². The Balaban J connectivity index is 1.75. The summed E-state index contributed by atoms with van der Waals surface area (Å²) in [5, 5.41) is 4.39. The standard InChI is InChI=1S/C21H22N2O2/c1-14-4-3-5-16(10-14)19-11-17-6-7-18(12-20(17)25-21(19)24)23-9-8-22-15(2)13-23/h3-7,10-12,15,22H,8-9,13H2,1-2H3/t15-/m0/s1. The molecule has 4 nitrogen and oxygen atoms in total. The normalized spacial score (nSPS) is 17.8. The van der Waals surface area contributed by atoms with Crippen LogP contribution in [0.4, 0.5) is 5.69 Å². The van der Waals surface area contributed by atoms with Crippen molar-refractivity contribution >= 4 is 16.7 Å². The van der Waals surface area contributed by atoms with Crippen LogP contribution in [0.3, 0.4) is 0 Å². The molecule has 4 heteroatoms. The molecule has 0 unspecified atom stereocenters. The minimum Gasteiger partial charge on any atom is -0.422 e. The van der Waals surface area contributed by atoms with Gasteiger partial charge in [-0.25, -0.2) is 4.79 Å². The van der Waals surface area contributed by atoms with Crippen molar-refractivity contribution in [2.24, 2.45) is 0 Å². The molecule has 1 saturated heterocycles. The Hall–Kier alpha value is -2.59.